The molecule has 1 aromatic carbocycles. The summed E-state index contributed by atoms with van der Waals surface area (Å²) in [5.41, 5.74) is 7.58. The lowest BCUT2D eigenvalue weighted by Gasteiger charge is -2.04. The molecule has 0 radical (unpaired) electrons. The maximum absolute atomic E-state index is 10.5. The lowest BCUT2D eigenvalue weighted by Crippen LogP contribution is -2.29. The molecule has 86 valence electrons. The minimum absolute atomic E-state index is 0.244. The summed E-state index contributed by atoms with van der Waals surface area (Å²) in [6.45, 7) is 1.80. The Hall–Kier alpha value is -1.55. The number of carbonyl (C=O) groups excluding carboxylic acids is 1. The second-order valence-corrected chi connectivity index (χ2v) is 3.93. The van der Waals surface area contributed by atoms with Crippen LogP contribution in [-0.2, 0) is 17.6 Å². The van der Waals surface area contributed by atoms with Crippen molar-refractivity contribution in [3.8, 4) is 5.75 Å². The zero-order valence-corrected chi connectivity index (χ0v) is 9.16. The summed E-state index contributed by atoms with van der Waals surface area (Å²) < 4.78 is 5.43. The fraction of sp³-hybridized carbons (Fsp3) is 0.417. The van der Waals surface area contributed by atoms with Crippen LogP contribution in [0.5, 0.6) is 5.75 Å². The van der Waals surface area contributed by atoms with Gasteiger partial charge in [-0.3, -0.25) is 4.79 Å². The van der Waals surface area contributed by atoms with Gasteiger partial charge in [0.1, 0.15) is 5.75 Å². The summed E-state index contributed by atoms with van der Waals surface area (Å²) >= 11 is 0. The number of nitrogens with one attached hydrogen (secondary N) is 1. The van der Waals surface area contributed by atoms with Crippen molar-refractivity contribution in [3.63, 3.8) is 0 Å². The highest BCUT2D eigenvalue weighted by molar-refractivity contribution is 5.75. The van der Waals surface area contributed by atoms with E-state index in [2.05, 4.69) is 17.4 Å². The van der Waals surface area contributed by atoms with Crippen molar-refractivity contribution >= 4 is 5.91 Å². The monoisotopic (exact) mass is 220 g/mol. The Balaban J connectivity index is 1.83. The van der Waals surface area contributed by atoms with Gasteiger partial charge in [0.15, 0.2) is 0 Å². The van der Waals surface area contributed by atoms with E-state index in [1.807, 2.05) is 6.07 Å². The number of fused-ring (bicyclic) bond motifs is 1. The first-order chi connectivity index (χ1) is 7.75. The van der Waals surface area contributed by atoms with Gasteiger partial charge in [0.2, 0.25) is 5.91 Å². The summed E-state index contributed by atoms with van der Waals surface area (Å²) in [4.78, 5) is 10.5. The highest BCUT2D eigenvalue weighted by atomic mass is 16.5. The van der Waals surface area contributed by atoms with Gasteiger partial charge in [0.05, 0.1) is 13.2 Å². The van der Waals surface area contributed by atoms with Gasteiger partial charge in [0, 0.05) is 6.42 Å². The molecule has 0 bridgehead atoms. The molecular formula is C12H16N2O2. The number of benzene rings is 1. The van der Waals surface area contributed by atoms with Crippen molar-refractivity contribution in [1.82, 2.24) is 5.32 Å². The van der Waals surface area contributed by atoms with Crippen molar-refractivity contribution in [2.75, 3.05) is 19.7 Å². The molecule has 0 atom stereocenters. The first kappa shape index (κ1) is 11.0. The zero-order chi connectivity index (χ0) is 11.4. The topological polar surface area (TPSA) is 64.4 Å². The first-order valence-corrected chi connectivity index (χ1v) is 5.49. The average molecular weight is 220 g/mol. The van der Waals surface area contributed by atoms with Gasteiger partial charge in [-0.05, 0) is 30.2 Å². The van der Waals surface area contributed by atoms with Crippen LogP contribution in [0.1, 0.15) is 11.1 Å². The summed E-state index contributed by atoms with van der Waals surface area (Å²) in [6.07, 6.45) is 1.90. The molecule has 0 unspecified atom stereocenters. The lowest BCUT2D eigenvalue weighted by atomic mass is 10.1. The van der Waals surface area contributed by atoms with E-state index in [1.54, 1.807) is 0 Å². The van der Waals surface area contributed by atoms with Crippen LogP contribution < -0.4 is 15.8 Å². The molecule has 4 nitrogen and oxygen atoms in total. The number of amides is 1. The van der Waals surface area contributed by atoms with Crippen LogP contribution in [0, 0.1) is 0 Å². The van der Waals surface area contributed by atoms with E-state index < -0.39 is 0 Å². The molecule has 1 aliphatic rings. The third-order valence-electron chi connectivity index (χ3n) is 2.64. The highest BCUT2D eigenvalue weighted by Gasteiger charge is 2.11. The van der Waals surface area contributed by atoms with Gasteiger partial charge in [-0.2, -0.15) is 0 Å². The minimum atomic E-state index is -0.317. The largest absolute Gasteiger partial charge is 0.493 e. The molecule has 1 aliphatic heterocycles. The Morgan fingerprint density at radius 1 is 1.50 bits per heavy atom. The molecule has 1 amide bonds. The van der Waals surface area contributed by atoms with Crippen LogP contribution in [0.3, 0.4) is 0 Å². The van der Waals surface area contributed by atoms with Crippen LogP contribution in [0.25, 0.3) is 0 Å². The van der Waals surface area contributed by atoms with Crippen molar-refractivity contribution in [3.05, 3.63) is 29.3 Å². The number of nitrogens with two attached hydrogens (primary N) is 1. The van der Waals surface area contributed by atoms with Gasteiger partial charge in [0.25, 0.3) is 0 Å². The first-order valence-electron chi connectivity index (χ1n) is 5.49. The molecule has 2 rings (SSSR count). The van der Waals surface area contributed by atoms with Crippen LogP contribution in [-0.4, -0.2) is 25.6 Å². The fourth-order valence-electron chi connectivity index (χ4n) is 1.84. The third-order valence-corrected chi connectivity index (χ3v) is 2.64. The Morgan fingerprint density at radius 3 is 3.19 bits per heavy atom. The van der Waals surface area contributed by atoms with Gasteiger partial charge in [-0.25, -0.2) is 0 Å². The zero-order valence-electron chi connectivity index (χ0n) is 9.16. The smallest absolute Gasteiger partial charge is 0.231 e. The predicted molar refractivity (Wildman–Crippen MR) is 61.4 cm³/mol. The normalized spacial score (nSPS) is 13.2. The maximum Gasteiger partial charge on any atom is 0.231 e. The fourth-order valence-corrected chi connectivity index (χ4v) is 1.84. The summed E-state index contributed by atoms with van der Waals surface area (Å²) in [7, 11) is 0. The Labute approximate surface area is 94.8 Å². The minimum Gasteiger partial charge on any atom is -0.493 e. The van der Waals surface area contributed by atoms with Crippen LogP contribution in [0.4, 0.5) is 0 Å². The van der Waals surface area contributed by atoms with E-state index >= 15 is 0 Å². The number of hydrogen-bond donors (Lipinski definition) is 2. The predicted octanol–water partition coefficient (Wildman–Crippen LogP) is 0.239. The molecule has 0 saturated carbocycles. The summed E-state index contributed by atoms with van der Waals surface area (Å²) in [5.74, 6) is 0.691. The number of primary amides is 1. The summed E-state index contributed by atoms with van der Waals surface area (Å²) in [6, 6.07) is 6.26. The van der Waals surface area contributed by atoms with Gasteiger partial charge in [-0.15, -0.1) is 0 Å². The molecule has 0 aromatic heterocycles. The average Bonchev–Trinajstić information content (AvgIpc) is 2.71. The molecule has 16 heavy (non-hydrogen) atoms. The van der Waals surface area contributed by atoms with Crippen molar-refractivity contribution in [2.45, 2.75) is 12.8 Å². The van der Waals surface area contributed by atoms with Crippen molar-refractivity contribution in [1.29, 1.82) is 0 Å². The third kappa shape index (κ3) is 2.73. The van der Waals surface area contributed by atoms with Gasteiger partial charge in [-0.1, -0.05) is 12.1 Å². The van der Waals surface area contributed by atoms with E-state index in [0.717, 1.165) is 31.7 Å². The van der Waals surface area contributed by atoms with Crippen LogP contribution in [0.2, 0.25) is 0 Å². The maximum atomic E-state index is 10.5. The number of ether oxygens (including phenoxy) is 1. The lowest BCUT2D eigenvalue weighted by molar-refractivity contribution is -0.117. The van der Waals surface area contributed by atoms with Crippen molar-refractivity contribution < 1.29 is 9.53 Å². The molecule has 3 N–H and O–H groups in total. The molecule has 0 spiro atoms. The van der Waals surface area contributed by atoms with Crippen LogP contribution >= 0.6 is 0 Å². The molecule has 1 heterocycles. The summed E-state index contributed by atoms with van der Waals surface area (Å²) in [5, 5.41) is 3.00. The Kier molecular flexibility index (Phi) is 3.41. The van der Waals surface area contributed by atoms with Crippen molar-refractivity contribution in [2.24, 2.45) is 5.73 Å². The SMILES string of the molecule is NC(=O)CNCCc1ccc2c(c1)CCO2. The number of hydrogen-bond acceptors (Lipinski definition) is 3. The Bertz CT molecular complexity index is 391. The van der Waals surface area contributed by atoms with E-state index in [0.29, 0.717) is 0 Å². The van der Waals surface area contributed by atoms with E-state index in [1.165, 1.54) is 11.1 Å². The second-order valence-electron chi connectivity index (χ2n) is 3.93. The quantitative estimate of drug-likeness (QED) is 0.699. The molecule has 4 heteroatoms. The molecule has 0 aliphatic carbocycles. The van der Waals surface area contributed by atoms with E-state index in [-0.39, 0.29) is 12.5 Å². The Morgan fingerprint density at radius 2 is 2.38 bits per heavy atom. The van der Waals surface area contributed by atoms with Gasteiger partial charge >= 0.3 is 0 Å². The number of carbonyl (C=O) groups is 1. The standard InChI is InChI=1S/C12H16N2O2/c13-12(15)8-14-5-3-9-1-2-11-10(7-9)4-6-16-11/h1-2,7,14H,3-6,8H2,(H2,13,15). The highest BCUT2D eigenvalue weighted by Crippen LogP contribution is 2.25. The van der Waals surface area contributed by atoms with E-state index in [9.17, 15) is 4.79 Å². The molecular weight excluding hydrogens is 204 g/mol. The van der Waals surface area contributed by atoms with Crippen LogP contribution in [0.15, 0.2) is 18.2 Å². The van der Waals surface area contributed by atoms with Gasteiger partial charge < -0.3 is 15.8 Å². The number of rotatable bonds is 5. The molecule has 1 aromatic rings. The molecule has 0 saturated heterocycles. The molecule has 0 fully saturated rings. The van der Waals surface area contributed by atoms with E-state index in [4.69, 9.17) is 10.5 Å². The second kappa shape index (κ2) is 4.99.